The first-order chi connectivity index (χ1) is 14.5. The molecule has 0 aliphatic carbocycles. The second kappa shape index (κ2) is 8.23. The number of likely N-dealkylation sites (tertiary alicyclic amines) is 1. The summed E-state index contributed by atoms with van der Waals surface area (Å²) in [6, 6.07) is 14.1. The van der Waals surface area contributed by atoms with E-state index in [1.165, 1.54) is 10.5 Å². The number of rotatable bonds is 5. The maximum Gasteiger partial charge on any atom is 0.327 e. The van der Waals surface area contributed by atoms with E-state index >= 15 is 0 Å². The maximum atomic E-state index is 13.6. The second-order valence-electron chi connectivity index (χ2n) is 8.50. The van der Waals surface area contributed by atoms with Crippen molar-refractivity contribution in [1.29, 1.82) is 0 Å². The molecule has 0 radical (unpaired) electrons. The number of hydrogen-bond donors (Lipinski definition) is 0. The minimum atomic E-state index is -0.684. The average molecular weight is 406 g/mol. The van der Waals surface area contributed by atoms with Gasteiger partial charge < -0.3 is 4.90 Å². The number of carbonyl (C=O) groups excluding carboxylic acids is 2. The summed E-state index contributed by atoms with van der Waals surface area (Å²) in [5, 5.41) is 2.23. The number of fused-ring (bicyclic) bond motifs is 1. The molecule has 0 saturated carbocycles. The molecule has 5 nitrogen and oxygen atoms in total. The highest BCUT2D eigenvalue weighted by Gasteiger charge is 2.57. The zero-order valence-electron chi connectivity index (χ0n) is 18.2. The summed E-state index contributed by atoms with van der Waals surface area (Å²) in [6.07, 6.45) is 3.54. The number of amides is 3. The van der Waals surface area contributed by atoms with Gasteiger partial charge in [-0.15, -0.1) is 0 Å². The lowest BCUT2D eigenvalue weighted by Gasteiger charge is -2.42. The van der Waals surface area contributed by atoms with Gasteiger partial charge >= 0.3 is 6.03 Å². The van der Waals surface area contributed by atoms with Gasteiger partial charge in [-0.25, -0.2) is 4.79 Å². The van der Waals surface area contributed by atoms with Crippen LogP contribution in [0.15, 0.2) is 54.1 Å². The van der Waals surface area contributed by atoms with Crippen LogP contribution in [0.5, 0.6) is 0 Å². The van der Waals surface area contributed by atoms with Gasteiger partial charge in [0.25, 0.3) is 5.91 Å². The molecule has 2 fully saturated rings. The van der Waals surface area contributed by atoms with E-state index in [1.807, 2.05) is 36.1 Å². The normalized spacial score (nSPS) is 20.0. The number of likely N-dealkylation sites (N-methyl/N-ethyl adjacent to an activating group) is 1. The molecular formula is C25H31N3O2. The molecule has 0 aromatic heterocycles. The molecule has 2 saturated heterocycles. The fraction of sp³-hybridized carbons (Fsp3) is 0.440. The monoisotopic (exact) mass is 405 g/mol. The lowest BCUT2D eigenvalue weighted by Crippen LogP contribution is -2.56. The topological polar surface area (TPSA) is 43.9 Å². The first-order valence-corrected chi connectivity index (χ1v) is 10.9. The number of piperidine rings is 1. The van der Waals surface area contributed by atoms with Gasteiger partial charge in [-0.05, 0) is 49.9 Å². The van der Waals surface area contributed by atoms with Gasteiger partial charge in [0.2, 0.25) is 0 Å². The molecule has 30 heavy (non-hydrogen) atoms. The van der Waals surface area contributed by atoms with E-state index in [1.54, 1.807) is 0 Å². The van der Waals surface area contributed by atoms with Crippen LogP contribution in [0.25, 0.3) is 10.8 Å². The maximum absolute atomic E-state index is 13.6. The Balaban J connectivity index is 1.58. The summed E-state index contributed by atoms with van der Waals surface area (Å²) in [7, 11) is 0. The molecule has 0 N–H and O–H groups in total. The summed E-state index contributed by atoms with van der Waals surface area (Å²) < 4.78 is 0. The van der Waals surface area contributed by atoms with Crippen molar-refractivity contribution in [3.8, 4) is 0 Å². The Bertz CT molecular complexity index is 984. The van der Waals surface area contributed by atoms with Crippen molar-refractivity contribution in [3.63, 3.8) is 0 Å². The van der Waals surface area contributed by atoms with Crippen molar-refractivity contribution >= 4 is 22.7 Å². The summed E-state index contributed by atoms with van der Waals surface area (Å²) >= 11 is 0. The van der Waals surface area contributed by atoms with Crippen LogP contribution in [-0.2, 0) is 11.3 Å². The second-order valence-corrected chi connectivity index (χ2v) is 8.50. The van der Waals surface area contributed by atoms with Crippen molar-refractivity contribution in [2.24, 2.45) is 0 Å². The Kier molecular flexibility index (Phi) is 5.65. The van der Waals surface area contributed by atoms with E-state index in [0.29, 0.717) is 25.9 Å². The average Bonchev–Trinajstić information content (AvgIpc) is 2.96. The molecule has 2 heterocycles. The first-order valence-electron chi connectivity index (χ1n) is 10.9. The summed E-state index contributed by atoms with van der Waals surface area (Å²) in [5.74, 6) is -0.0234. The van der Waals surface area contributed by atoms with Crippen molar-refractivity contribution in [2.75, 3.05) is 26.2 Å². The minimum absolute atomic E-state index is 0.0234. The van der Waals surface area contributed by atoms with Crippen LogP contribution in [0.1, 0.15) is 39.2 Å². The Morgan fingerprint density at radius 1 is 1.07 bits per heavy atom. The third-order valence-electron chi connectivity index (χ3n) is 6.80. The number of nitrogens with zero attached hydrogens (tertiary/aromatic N) is 3. The number of benzene rings is 2. The van der Waals surface area contributed by atoms with E-state index in [0.717, 1.165) is 36.0 Å². The van der Waals surface area contributed by atoms with Gasteiger partial charge in [0, 0.05) is 26.2 Å². The molecule has 1 spiro atoms. The number of allylic oxidation sites excluding steroid dienone is 1. The third-order valence-corrected chi connectivity index (χ3v) is 6.80. The van der Waals surface area contributed by atoms with E-state index in [-0.39, 0.29) is 11.9 Å². The summed E-state index contributed by atoms with van der Waals surface area (Å²) in [5.41, 5.74) is 1.67. The molecule has 2 aliphatic rings. The predicted octanol–water partition coefficient (Wildman–Crippen LogP) is 4.42. The summed E-state index contributed by atoms with van der Waals surface area (Å²) in [4.78, 5) is 32.6. The Labute approximate surface area is 178 Å². The smallest absolute Gasteiger partial charge is 0.310 e. The van der Waals surface area contributed by atoms with Crippen LogP contribution in [0.2, 0.25) is 0 Å². The predicted molar refractivity (Wildman–Crippen MR) is 120 cm³/mol. The molecule has 4 rings (SSSR count). The third kappa shape index (κ3) is 3.41. The van der Waals surface area contributed by atoms with Gasteiger partial charge in [0.05, 0.1) is 6.54 Å². The Morgan fingerprint density at radius 3 is 2.47 bits per heavy atom. The van der Waals surface area contributed by atoms with Crippen LogP contribution in [0, 0.1) is 0 Å². The molecule has 2 aromatic rings. The van der Waals surface area contributed by atoms with Crippen LogP contribution in [0.4, 0.5) is 4.79 Å². The highest BCUT2D eigenvalue weighted by molar-refractivity contribution is 6.07. The van der Waals surface area contributed by atoms with Gasteiger partial charge in [-0.3, -0.25) is 14.6 Å². The van der Waals surface area contributed by atoms with Gasteiger partial charge in [0.15, 0.2) is 0 Å². The molecule has 158 valence electrons. The molecule has 0 bridgehead atoms. The van der Waals surface area contributed by atoms with Crippen molar-refractivity contribution < 1.29 is 9.59 Å². The lowest BCUT2D eigenvalue weighted by atomic mass is 9.85. The van der Waals surface area contributed by atoms with Gasteiger partial charge in [0.1, 0.15) is 5.54 Å². The molecule has 2 aliphatic heterocycles. The Hall–Kier alpha value is -2.66. The highest BCUT2D eigenvalue weighted by Crippen LogP contribution is 2.38. The molecule has 0 atom stereocenters. The SMILES string of the molecule is CC=C(C)CN1CCC2(CC1)C(=O)N(Cc1cccc3ccccc13)C(=O)N2CC. The number of urea groups is 1. The van der Waals surface area contributed by atoms with E-state index in [4.69, 9.17) is 0 Å². The quantitative estimate of drug-likeness (QED) is 0.546. The number of imide groups is 1. The molecular weight excluding hydrogens is 374 g/mol. The molecule has 5 heteroatoms. The van der Waals surface area contributed by atoms with Crippen molar-refractivity contribution in [1.82, 2.24) is 14.7 Å². The first kappa shape index (κ1) is 20.6. The minimum Gasteiger partial charge on any atom is -0.310 e. The van der Waals surface area contributed by atoms with E-state index in [9.17, 15) is 9.59 Å². The van der Waals surface area contributed by atoms with Crippen molar-refractivity contribution in [3.05, 3.63) is 59.7 Å². The van der Waals surface area contributed by atoms with Gasteiger partial charge in [-0.1, -0.05) is 54.1 Å². The fourth-order valence-corrected chi connectivity index (χ4v) is 4.97. The molecule has 0 unspecified atom stereocenters. The zero-order valence-corrected chi connectivity index (χ0v) is 18.2. The van der Waals surface area contributed by atoms with Crippen LogP contribution >= 0.6 is 0 Å². The summed E-state index contributed by atoms with van der Waals surface area (Å²) in [6.45, 7) is 9.67. The standard InChI is InChI=1S/C25H31N3O2/c1-4-19(3)17-26-15-13-25(14-16-26)23(29)27(24(30)28(25)5-2)18-21-11-8-10-20-9-6-7-12-22(20)21/h4,6-12H,5,13-18H2,1-3H3. The highest BCUT2D eigenvalue weighted by atomic mass is 16.2. The van der Waals surface area contributed by atoms with Crippen LogP contribution < -0.4 is 0 Å². The van der Waals surface area contributed by atoms with Crippen LogP contribution in [-0.4, -0.2) is 58.4 Å². The van der Waals surface area contributed by atoms with E-state index in [2.05, 4.69) is 43.0 Å². The number of hydrogen-bond acceptors (Lipinski definition) is 3. The number of carbonyl (C=O) groups is 2. The Morgan fingerprint density at radius 2 is 1.77 bits per heavy atom. The van der Waals surface area contributed by atoms with E-state index < -0.39 is 5.54 Å². The van der Waals surface area contributed by atoms with Crippen LogP contribution in [0.3, 0.4) is 0 Å². The molecule has 3 amide bonds. The van der Waals surface area contributed by atoms with Crippen molar-refractivity contribution in [2.45, 2.75) is 45.7 Å². The van der Waals surface area contributed by atoms with Gasteiger partial charge in [-0.2, -0.15) is 0 Å². The largest absolute Gasteiger partial charge is 0.327 e. The lowest BCUT2D eigenvalue weighted by molar-refractivity contribution is -0.135. The molecule has 2 aromatic carbocycles. The fourth-order valence-electron chi connectivity index (χ4n) is 4.97. The zero-order chi connectivity index (χ0) is 21.3.